The highest BCUT2D eigenvalue weighted by atomic mass is 16.5. The molecule has 1 heterocycles. The lowest BCUT2D eigenvalue weighted by molar-refractivity contribution is 0.0600. The number of ether oxygens (including phenoxy) is 1. The van der Waals surface area contributed by atoms with E-state index in [9.17, 15) is 9.59 Å². The van der Waals surface area contributed by atoms with Gasteiger partial charge in [-0.2, -0.15) is 0 Å². The van der Waals surface area contributed by atoms with Crippen LogP contribution < -0.4 is 10.6 Å². The number of rotatable bonds is 6. The van der Waals surface area contributed by atoms with Gasteiger partial charge in [-0.3, -0.25) is 4.79 Å². The van der Waals surface area contributed by atoms with Crippen LogP contribution in [0.25, 0.3) is 0 Å². The van der Waals surface area contributed by atoms with Crippen LogP contribution in [-0.2, 0) is 11.2 Å². The highest BCUT2D eigenvalue weighted by molar-refractivity contribution is 6.03. The Morgan fingerprint density at radius 2 is 1.61 bits per heavy atom. The smallest absolute Gasteiger partial charge is 0.337 e. The van der Waals surface area contributed by atoms with Gasteiger partial charge in [0, 0.05) is 11.4 Å². The van der Waals surface area contributed by atoms with Gasteiger partial charge in [0.15, 0.2) is 0 Å². The highest BCUT2D eigenvalue weighted by Crippen LogP contribution is 2.16. The largest absolute Gasteiger partial charge is 0.465 e. The van der Waals surface area contributed by atoms with Gasteiger partial charge in [-0.1, -0.05) is 19.1 Å². The summed E-state index contributed by atoms with van der Waals surface area (Å²) in [6.45, 7) is 2.10. The fourth-order valence-electron chi connectivity index (χ4n) is 2.48. The van der Waals surface area contributed by atoms with Gasteiger partial charge in [0.25, 0.3) is 5.91 Å². The summed E-state index contributed by atoms with van der Waals surface area (Å²) >= 11 is 0. The number of carbonyl (C=O) groups excluding carboxylic acids is 2. The molecule has 7 heteroatoms. The van der Waals surface area contributed by atoms with Gasteiger partial charge in [0.05, 0.1) is 25.1 Å². The predicted octanol–water partition coefficient (Wildman–Crippen LogP) is 3.82. The molecule has 0 saturated heterocycles. The standard InChI is InChI=1S/C21H20N4O3/c1-3-14-4-8-16(9-5-14)24-19-13-22-18(12-23-19)20(26)25-17-10-6-15(7-11-17)21(27)28-2/h4-13H,3H2,1-2H3,(H,23,24)(H,25,26). The Morgan fingerprint density at radius 1 is 0.929 bits per heavy atom. The third kappa shape index (κ3) is 4.70. The number of amides is 1. The van der Waals surface area contributed by atoms with Gasteiger partial charge in [0.2, 0.25) is 0 Å². The first-order valence-corrected chi connectivity index (χ1v) is 8.76. The minimum Gasteiger partial charge on any atom is -0.465 e. The zero-order valence-corrected chi connectivity index (χ0v) is 15.6. The van der Waals surface area contributed by atoms with Crippen molar-refractivity contribution in [1.29, 1.82) is 0 Å². The summed E-state index contributed by atoms with van der Waals surface area (Å²) in [5.74, 6) is -0.281. The van der Waals surface area contributed by atoms with Crippen molar-refractivity contribution in [2.45, 2.75) is 13.3 Å². The van der Waals surface area contributed by atoms with Gasteiger partial charge in [-0.15, -0.1) is 0 Å². The average Bonchev–Trinajstić information content (AvgIpc) is 2.74. The van der Waals surface area contributed by atoms with E-state index in [0.29, 0.717) is 17.1 Å². The molecule has 3 rings (SSSR count). The molecular formula is C21H20N4O3. The first kappa shape index (κ1) is 19.0. The number of hydrogen-bond acceptors (Lipinski definition) is 6. The van der Waals surface area contributed by atoms with Gasteiger partial charge in [0.1, 0.15) is 11.5 Å². The molecule has 0 fully saturated rings. The van der Waals surface area contributed by atoms with Crippen molar-refractivity contribution in [3.05, 3.63) is 77.7 Å². The molecule has 0 saturated carbocycles. The second-order valence-electron chi connectivity index (χ2n) is 5.99. The van der Waals surface area contributed by atoms with Crippen molar-refractivity contribution in [3.8, 4) is 0 Å². The van der Waals surface area contributed by atoms with E-state index in [2.05, 4.69) is 32.3 Å². The summed E-state index contributed by atoms with van der Waals surface area (Å²) in [5, 5.41) is 5.85. The van der Waals surface area contributed by atoms with Crippen LogP contribution in [0.5, 0.6) is 0 Å². The van der Waals surface area contributed by atoms with Crippen LogP contribution in [0.4, 0.5) is 17.2 Å². The molecule has 0 unspecified atom stereocenters. The number of hydrogen-bond donors (Lipinski definition) is 2. The Labute approximate surface area is 162 Å². The number of aromatic nitrogens is 2. The number of methoxy groups -OCH3 is 1. The topological polar surface area (TPSA) is 93.2 Å². The lowest BCUT2D eigenvalue weighted by Gasteiger charge is -2.08. The molecule has 0 aliphatic rings. The molecule has 0 radical (unpaired) electrons. The zero-order chi connectivity index (χ0) is 19.9. The summed E-state index contributed by atoms with van der Waals surface area (Å²) in [4.78, 5) is 32.1. The molecule has 0 aliphatic heterocycles. The zero-order valence-electron chi connectivity index (χ0n) is 15.6. The van der Waals surface area contributed by atoms with Crippen LogP contribution >= 0.6 is 0 Å². The van der Waals surface area contributed by atoms with Crippen LogP contribution in [-0.4, -0.2) is 29.0 Å². The van der Waals surface area contributed by atoms with Gasteiger partial charge in [-0.25, -0.2) is 14.8 Å². The maximum absolute atomic E-state index is 12.3. The molecule has 0 atom stereocenters. The summed E-state index contributed by atoms with van der Waals surface area (Å²) in [7, 11) is 1.31. The Kier molecular flexibility index (Phi) is 5.96. The summed E-state index contributed by atoms with van der Waals surface area (Å²) < 4.78 is 4.64. The van der Waals surface area contributed by atoms with Gasteiger partial charge in [-0.05, 0) is 48.4 Å². The van der Waals surface area contributed by atoms with E-state index in [1.807, 2.05) is 24.3 Å². The maximum atomic E-state index is 12.3. The Bertz CT molecular complexity index is 952. The predicted molar refractivity (Wildman–Crippen MR) is 107 cm³/mol. The van der Waals surface area contributed by atoms with Crippen molar-refractivity contribution in [3.63, 3.8) is 0 Å². The van der Waals surface area contributed by atoms with Gasteiger partial charge >= 0.3 is 5.97 Å². The van der Waals surface area contributed by atoms with E-state index in [1.165, 1.54) is 25.1 Å². The van der Waals surface area contributed by atoms with Crippen molar-refractivity contribution in [2.24, 2.45) is 0 Å². The fraction of sp³-hybridized carbons (Fsp3) is 0.143. The second kappa shape index (κ2) is 8.77. The molecule has 142 valence electrons. The van der Waals surface area contributed by atoms with Crippen molar-refractivity contribution in [1.82, 2.24) is 9.97 Å². The van der Waals surface area contributed by atoms with Crippen LogP contribution in [0, 0.1) is 0 Å². The lowest BCUT2D eigenvalue weighted by atomic mass is 10.1. The number of benzene rings is 2. The minimum atomic E-state index is -0.434. The van der Waals surface area contributed by atoms with E-state index < -0.39 is 11.9 Å². The van der Waals surface area contributed by atoms with Crippen molar-refractivity contribution < 1.29 is 14.3 Å². The molecule has 2 aromatic carbocycles. The van der Waals surface area contributed by atoms with E-state index in [0.717, 1.165) is 12.1 Å². The van der Waals surface area contributed by atoms with Crippen molar-refractivity contribution in [2.75, 3.05) is 17.7 Å². The Balaban J connectivity index is 1.62. The van der Waals surface area contributed by atoms with Gasteiger partial charge < -0.3 is 15.4 Å². The quantitative estimate of drug-likeness (QED) is 0.635. The first-order valence-electron chi connectivity index (χ1n) is 8.76. The number of aryl methyl sites for hydroxylation is 1. The van der Waals surface area contributed by atoms with Crippen LogP contribution in [0.3, 0.4) is 0 Å². The molecule has 1 aromatic heterocycles. The van der Waals surface area contributed by atoms with E-state index >= 15 is 0 Å². The van der Waals surface area contributed by atoms with Crippen LogP contribution in [0.2, 0.25) is 0 Å². The lowest BCUT2D eigenvalue weighted by Crippen LogP contribution is -2.14. The third-order valence-corrected chi connectivity index (χ3v) is 4.08. The van der Waals surface area contributed by atoms with E-state index in [-0.39, 0.29) is 5.69 Å². The number of carbonyl (C=O) groups is 2. The number of nitrogens with zero attached hydrogens (tertiary/aromatic N) is 2. The molecule has 0 bridgehead atoms. The highest BCUT2D eigenvalue weighted by Gasteiger charge is 2.10. The summed E-state index contributed by atoms with van der Waals surface area (Å²) in [5.41, 5.74) is 3.28. The minimum absolute atomic E-state index is 0.184. The molecule has 0 spiro atoms. The molecule has 2 N–H and O–H groups in total. The molecule has 0 aliphatic carbocycles. The second-order valence-corrected chi connectivity index (χ2v) is 5.99. The molecular weight excluding hydrogens is 356 g/mol. The van der Waals surface area contributed by atoms with Crippen molar-refractivity contribution >= 4 is 29.1 Å². The SMILES string of the molecule is CCc1ccc(Nc2cnc(C(=O)Nc3ccc(C(=O)OC)cc3)cn2)cc1. The van der Waals surface area contributed by atoms with Crippen LogP contribution in [0.15, 0.2) is 60.9 Å². The van der Waals surface area contributed by atoms with Crippen LogP contribution in [0.1, 0.15) is 33.3 Å². The fourth-order valence-corrected chi connectivity index (χ4v) is 2.48. The van der Waals surface area contributed by atoms with E-state index in [1.54, 1.807) is 24.3 Å². The number of anilines is 3. The summed E-state index contributed by atoms with van der Waals surface area (Å²) in [6.07, 6.45) is 3.89. The molecule has 7 nitrogen and oxygen atoms in total. The molecule has 1 amide bonds. The average molecular weight is 376 g/mol. The maximum Gasteiger partial charge on any atom is 0.337 e. The Morgan fingerprint density at radius 3 is 2.18 bits per heavy atom. The number of esters is 1. The monoisotopic (exact) mass is 376 g/mol. The molecule has 28 heavy (non-hydrogen) atoms. The first-order chi connectivity index (χ1) is 13.6. The molecule has 3 aromatic rings. The number of nitrogens with one attached hydrogen (secondary N) is 2. The summed E-state index contributed by atoms with van der Waals surface area (Å²) in [6, 6.07) is 14.4. The normalized spacial score (nSPS) is 10.2. The Hall–Kier alpha value is -3.74. The van der Waals surface area contributed by atoms with E-state index in [4.69, 9.17) is 0 Å². The third-order valence-electron chi connectivity index (χ3n) is 4.08.